The number of carbonyl (C=O) groups excluding carboxylic acids is 2. The molecule has 2 amide bonds. The molecule has 2 saturated heterocycles. The first kappa shape index (κ1) is 15.6. The zero-order chi connectivity index (χ0) is 16.7. The van der Waals surface area contributed by atoms with Gasteiger partial charge in [0.05, 0.1) is 0 Å². The summed E-state index contributed by atoms with van der Waals surface area (Å²) in [7, 11) is 1.81. The molecule has 24 heavy (non-hydrogen) atoms. The van der Waals surface area contributed by atoms with E-state index >= 15 is 0 Å². The molecule has 1 saturated carbocycles. The van der Waals surface area contributed by atoms with Crippen LogP contribution in [0.1, 0.15) is 25.7 Å². The highest BCUT2D eigenvalue weighted by Gasteiger charge is 2.59. The van der Waals surface area contributed by atoms with Crippen LogP contribution in [0.4, 0.5) is 5.69 Å². The average molecular weight is 327 g/mol. The van der Waals surface area contributed by atoms with Gasteiger partial charge < -0.3 is 15.1 Å². The Balaban J connectivity index is 1.43. The highest BCUT2D eigenvalue weighted by Crippen LogP contribution is 2.59. The Morgan fingerprint density at radius 3 is 2.67 bits per heavy atom. The maximum absolute atomic E-state index is 12.9. The monoisotopic (exact) mass is 327 g/mol. The van der Waals surface area contributed by atoms with Gasteiger partial charge in [-0.05, 0) is 56.3 Å². The van der Waals surface area contributed by atoms with Crippen LogP contribution in [-0.2, 0) is 9.59 Å². The van der Waals surface area contributed by atoms with E-state index in [0.29, 0.717) is 6.54 Å². The molecule has 5 heteroatoms. The van der Waals surface area contributed by atoms with Gasteiger partial charge in [0.15, 0.2) is 0 Å². The second-order valence-electron chi connectivity index (χ2n) is 7.45. The highest BCUT2D eigenvalue weighted by molar-refractivity contribution is 6.01. The Hall–Kier alpha value is -1.88. The number of para-hydroxylation sites is 1. The molecule has 3 aliphatic rings. The number of amides is 2. The van der Waals surface area contributed by atoms with Gasteiger partial charge >= 0.3 is 0 Å². The third-order valence-corrected chi connectivity index (χ3v) is 6.15. The predicted octanol–water partition coefficient (Wildman–Crippen LogP) is 1.64. The lowest BCUT2D eigenvalue weighted by Crippen LogP contribution is -2.44. The van der Waals surface area contributed by atoms with E-state index in [4.69, 9.17) is 0 Å². The van der Waals surface area contributed by atoms with Crippen molar-refractivity contribution in [1.29, 1.82) is 0 Å². The van der Waals surface area contributed by atoms with Crippen LogP contribution >= 0.6 is 0 Å². The zero-order valence-corrected chi connectivity index (χ0v) is 14.2. The van der Waals surface area contributed by atoms with Crippen molar-refractivity contribution in [2.24, 2.45) is 11.3 Å². The Bertz CT molecular complexity index is 639. The number of benzene rings is 1. The summed E-state index contributed by atoms with van der Waals surface area (Å²) >= 11 is 0. The molecule has 5 nitrogen and oxygen atoms in total. The zero-order valence-electron chi connectivity index (χ0n) is 14.2. The van der Waals surface area contributed by atoms with E-state index in [1.54, 1.807) is 4.90 Å². The highest BCUT2D eigenvalue weighted by atomic mass is 16.2. The Morgan fingerprint density at radius 1 is 1.25 bits per heavy atom. The fourth-order valence-corrected chi connectivity index (χ4v) is 4.46. The summed E-state index contributed by atoms with van der Waals surface area (Å²) in [6, 6.07) is 9.42. The molecule has 2 unspecified atom stereocenters. The number of hydrogen-bond donors (Lipinski definition) is 1. The maximum Gasteiger partial charge on any atom is 0.249 e. The standard InChI is InChI=1S/C19H25N3O2/c1-21(17(23)15-13-19(15)8-10-20-11-9-19)16-7-12-22(18(16)24)14-5-3-2-4-6-14/h2-6,15-16,20H,7-13H2,1H3. The van der Waals surface area contributed by atoms with Gasteiger partial charge in [0.1, 0.15) is 6.04 Å². The number of hydrogen-bond acceptors (Lipinski definition) is 3. The van der Waals surface area contributed by atoms with Gasteiger partial charge in [-0.1, -0.05) is 18.2 Å². The molecule has 4 rings (SSSR count). The average Bonchev–Trinajstić information content (AvgIpc) is 3.16. The van der Waals surface area contributed by atoms with Crippen LogP contribution in [0.15, 0.2) is 30.3 Å². The number of carbonyl (C=O) groups is 2. The van der Waals surface area contributed by atoms with Gasteiger partial charge in [-0.25, -0.2) is 0 Å². The van der Waals surface area contributed by atoms with Gasteiger partial charge in [0.25, 0.3) is 0 Å². The summed E-state index contributed by atoms with van der Waals surface area (Å²) in [6.45, 7) is 2.71. The van der Waals surface area contributed by atoms with E-state index in [9.17, 15) is 9.59 Å². The molecule has 1 spiro atoms. The first-order valence-electron chi connectivity index (χ1n) is 8.96. The van der Waals surface area contributed by atoms with E-state index in [2.05, 4.69) is 5.32 Å². The van der Waals surface area contributed by atoms with Crippen molar-refractivity contribution in [2.45, 2.75) is 31.7 Å². The van der Waals surface area contributed by atoms with Crippen molar-refractivity contribution >= 4 is 17.5 Å². The fourth-order valence-electron chi connectivity index (χ4n) is 4.46. The van der Waals surface area contributed by atoms with Crippen molar-refractivity contribution in [3.8, 4) is 0 Å². The summed E-state index contributed by atoms with van der Waals surface area (Å²) in [5.41, 5.74) is 1.14. The van der Waals surface area contributed by atoms with E-state index in [1.807, 2.05) is 42.3 Å². The predicted molar refractivity (Wildman–Crippen MR) is 92.6 cm³/mol. The fraction of sp³-hybridized carbons (Fsp3) is 0.579. The van der Waals surface area contributed by atoms with Crippen LogP contribution in [-0.4, -0.2) is 49.4 Å². The third kappa shape index (κ3) is 2.51. The summed E-state index contributed by atoms with van der Waals surface area (Å²) in [4.78, 5) is 29.2. The van der Waals surface area contributed by atoms with Gasteiger partial charge in [0.2, 0.25) is 11.8 Å². The van der Waals surface area contributed by atoms with Crippen molar-refractivity contribution in [3.63, 3.8) is 0 Å². The van der Waals surface area contributed by atoms with Crippen LogP contribution in [0.25, 0.3) is 0 Å². The molecule has 0 radical (unpaired) electrons. The molecule has 0 bridgehead atoms. The molecule has 1 aliphatic carbocycles. The molecule has 1 aromatic carbocycles. The number of nitrogens with one attached hydrogen (secondary N) is 1. The molecule has 2 atom stereocenters. The first-order chi connectivity index (χ1) is 11.6. The molecule has 3 fully saturated rings. The second kappa shape index (κ2) is 5.88. The minimum absolute atomic E-state index is 0.0528. The quantitative estimate of drug-likeness (QED) is 0.918. The van der Waals surface area contributed by atoms with Crippen molar-refractivity contribution < 1.29 is 9.59 Å². The number of nitrogens with zero attached hydrogens (tertiary/aromatic N) is 2. The molecule has 2 heterocycles. The van der Waals surface area contributed by atoms with E-state index in [1.165, 1.54) is 0 Å². The van der Waals surface area contributed by atoms with Crippen LogP contribution in [0.3, 0.4) is 0 Å². The van der Waals surface area contributed by atoms with Gasteiger partial charge in [-0.2, -0.15) is 0 Å². The largest absolute Gasteiger partial charge is 0.333 e. The summed E-state index contributed by atoms with van der Waals surface area (Å²) < 4.78 is 0. The molecule has 1 aromatic rings. The van der Waals surface area contributed by atoms with Crippen LogP contribution in [0.2, 0.25) is 0 Å². The lowest BCUT2D eigenvalue weighted by atomic mass is 9.91. The molecular formula is C19H25N3O2. The summed E-state index contributed by atoms with van der Waals surface area (Å²) in [5.74, 6) is 0.352. The van der Waals surface area contributed by atoms with Gasteiger partial charge in [-0.15, -0.1) is 0 Å². The van der Waals surface area contributed by atoms with Crippen molar-refractivity contribution in [2.75, 3.05) is 31.6 Å². The topological polar surface area (TPSA) is 52.7 Å². The Labute approximate surface area is 143 Å². The minimum Gasteiger partial charge on any atom is -0.333 e. The van der Waals surface area contributed by atoms with Gasteiger partial charge in [0, 0.05) is 25.2 Å². The summed E-state index contributed by atoms with van der Waals surface area (Å²) in [6.07, 6.45) is 3.90. The number of rotatable bonds is 3. The first-order valence-corrected chi connectivity index (χ1v) is 8.96. The van der Waals surface area contributed by atoms with E-state index < -0.39 is 0 Å². The lowest BCUT2D eigenvalue weighted by molar-refractivity contribution is -0.138. The number of piperidine rings is 1. The molecule has 128 valence electrons. The molecule has 0 aromatic heterocycles. The number of anilines is 1. The van der Waals surface area contributed by atoms with Crippen LogP contribution in [0, 0.1) is 11.3 Å². The van der Waals surface area contributed by atoms with Crippen LogP contribution in [0.5, 0.6) is 0 Å². The summed E-state index contributed by atoms with van der Waals surface area (Å²) in [5, 5.41) is 3.37. The lowest BCUT2D eigenvalue weighted by Gasteiger charge is -2.27. The smallest absolute Gasteiger partial charge is 0.249 e. The molecule has 2 aliphatic heterocycles. The van der Waals surface area contributed by atoms with Crippen LogP contribution < -0.4 is 10.2 Å². The van der Waals surface area contributed by atoms with Crippen molar-refractivity contribution in [3.05, 3.63) is 30.3 Å². The Kier molecular flexibility index (Phi) is 3.83. The second-order valence-corrected chi connectivity index (χ2v) is 7.45. The Morgan fingerprint density at radius 2 is 1.96 bits per heavy atom. The van der Waals surface area contributed by atoms with Crippen molar-refractivity contribution in [1.82, 2.24) is 10.2 Å². The minimum atomic E-state index is -0.308. The number of likely N-dealkylation sites (N-methyl/N-ethyl adjacent to an activating group) is 1. The third-order valence-electron chi connectivity index (χ3n) is 6.15. The molecular weight excluding hydrogens is 302 g/mol. The van der Waals surface area contributed by atoms with E-state index in [-0.39, 0.29) is 29.2 Å². The van der Waals surface area contributed by atoms with E-state index in [0.717, 1.165) is 44.5 Å². The molecule has 1 N–H and O–H groups in total. The maximum atomic E-state index is 12.9. The normalized spacial score (nSPS) is 28.2. The van der Waals surface area contributed by atoms with Gasteiger partial charge in [-0.3, -0.25) is 9.59 Å². The SMILES string of the molecule is CN(C(=O)C1CC12CCNCC2)C1CCN(c2ccccc2)C1=O.